The molecule has 1 aliphatic heterocycles. The van der Waals surface area contributed by atoms with E-state index in [1.54, 1.807) is 31.4 Å². The van der Waals surface area contributed by atoms with Crippen LogP contribution in [0.15, 0.2) is 59.5 Å². The molecule has 1 saturated heterocycles. The van der Waals surface area contributed by atoms with Gasteiger partial charge in [-0.1, -0.05) is 36.8 Å². The molecule has 2 aromatic rings. The van der Waals surface area contributed by atoms with Gasteiger partial charge in [0.1, 0.15) is 12.4 Å². The number of carbonyl (C=O) groups excluding carboxylic acids is 1. The van der Waals surface area contributed by atoms with E-state index in [1.807, 2.05) is 0 Å². The zero-order valence-electron chi connectivity index (χ0n) is 24.2. The quantitative estimate of drug-likeness (QED) is 0.410. The summed E-state index contributed by atoms with van der Waals surface area (Å²) in [6, 6.07) is 16.9. The van der Waals surface area contributed by atoms with E-state index in [2.05, 4.69) is 54.6 Å². The molecule has 4 rings (SSSR count). The van der Waals surface area contributed by atoms with E-state index in [1.165, 1.54) is 9.87 Å². The molecule has 220 valence electrons. The monoisotopic (exact) mass is 571 g/mol. The van der Waals surface area contributed by atoms with Crippen LogP contribution in [-0.4, -0.2) is 82.1 Å². The lowest BCUT2D eigenvalue weighted by molar-refractivity contribution is -0.127. The molecule has 0 radical (unpaired) electrons. The van der Waals surface area contributed by atoms with Gasteiger partial charge in [0.25, 0.3) is 0 Å². The molecule has 2 aliphatic rings. The molecule has 40 heavy (non-hydrogen) atoms. The minimum atomic E-state index is -3.66. The number of hydrogen-bond donors (Lipinski definition) is 1. The number of sulfonamides is 1. The number of nitrogens with one attached hydrogen (secondary N) is 1. The third-order valence-corrected chi connectivity index (χ3v) is 10.7. The fourth-order valence-corrected chi connectivity index (χ4v) is 7.82. The lowest BCUT2D eigenvalue weighted by Crippen LogP contribution is -2.51. The van der Waals surface area contributed by atoms with Gasteiger partial charge in [-0.2, -0.15) is 4.31 Å². The Kier molecular flexibility index (Phi) is 10.6. The lowest BCUT2D eigenvalue weighted by atomic mass is 9.75. The van der Waals surface area contributed by atoms with Gasteiger partial charge in [-0.25, -0.2) is 8.42 Å². The second-order valence-electron chi connectivity index (χ2n) is 11.4. The minimum absolute atomic E-state index is 0.0593. The third kappa shape index (κ3) is 7.63. The largest absolute Gasteiger partial charge is 0.497 e. The van der Waals surface area contributed by atoms with Crippen molar-refractivity contribution >= 4 is 15.9 Å². The van der Waals surface area contributed by atoms with E-state index >= 15 is 0 Å². The first-order valence-corrected chi connectivity index (χ1v) is 15.9. The number of piperidine rings is 1. The Bertz CT molecular complexity index is 1180. The Labute approximate surface area is 240 Å². The smallest absolute Gasteiger partial charge is 0.246 e. The third-order valence-electron chi connectivity index (χ3n) is 8.73. The summed E-state index contributed by atoms with van der Waals surface area (Å²) in [4.78, 5) is 15.3. The number of carbonyl (C=O) groups is 1. The Hall–Kier alpha value is -2.46. The maximum Gasteiger partial charge on any atom is 0.246 e. The summed E-state index contributed by atoms with van der Waals surface area (Å²) in [6.45, 7) is 0.599. The molecule has 1 unspecified atom stereocenters. The van der Waals surface area contributed by atoms with Crippen molar-refractivity contribution in [1.82, 2.24) is 14.5 Å². The average molecular weight is 572 g/mol. The highest BCUT2D eigenvalue weighted by molar-refractivity contribution is 7.89. The number of amides is 1. The van der Waals surface area contributed by atoms with E-state index in [4.69, 9.17) is 9.47 Å². The van der Waals surface area contributed by atoms with Gasteiger partial charge in [-0.05, 0) is 95.3 Å². The molecule has 1 saturated carbocycles. The molecule has 9 heteroatoms. The van der Waals surface area contributed by atoms with E-state index < -0.39 is 10.0 Å². The zero-order valence-corrected chi connectivity index (χ0v) is 25.0. The first-order chi connectivity index (χ1) is 19.2. The van der Waals surface area contributed by atoms with Crippen molar-refractivity contribution in [2.45, 2.75) is 80.3 Å². The molecule has 2 aromatic carbocycles. The highest BCUT2D eigenvalue weighted by Gasteiger charge is 2.37. The van der Waals surface area contributed by atoms with E-state index in [9.17, 15) is 13.2 Å². The van der Waals surface area contributed by atoms with Gasteiger partial charge in [0.2, 0.25) is 15.9 Å². The van der Waals surface area contributed by atoms with Crippen LogP contribution in [0.3, 0.4) is 0 Å². The highest BCUT2D eigenvalue weighted by Crippen LogP contribution is 2.36. The fourth-order valence-electron chi connectivity index (χ4n) is 6.14. The lowest BCUT2D eigenvalue weighted by Gasteiger charge is -2.45. The molecule has 2 fully saturated rings. The molecule has 1 amide bonds. The van der Waals surface area contributed by atoms with Gasteiger partial charge in [0.15, 0.2) is 0 Å². The topological polar surface area (TPSA) is 88.2 Å². The molecular formula is C31H45N3O5S. The van der Waals surface area contributed by atoms with Crippen LogP contribution in [-0.2, 0) is 26.0 Å². The number of rotatable bonds is 12. The number of aryl methyl sites for hydroxylation is 1. The van der Waals surface area contributed by atoms with Crippen LogP contribution in [0, 0.1) is 0 Å². The number of hydrogen-bond acceptors (Lipinski definition) is 6. The Morgan fingerprint density at radius 2 is 1.73 bits per heavy atom. The van der Waals surface area contributed by atoms with E-state index in [0.29, 0.717) is 12.3 Å². The van der Waals surface area contributed by atoms with Crippen LogP contribution in [0.25, 0.3) is 0 Å². The van der Waals surface area contributed by atoms with Crippen molar-refractivity contribution in [3.8, 4) is 5.75 Å². The van der Waals surface area contributed by atoms with Crippen LogP contribution in [0.4, 0.5) is 0 Å². The highest BCUT2D eigenvalue weighted by atomic mass is 32.2. The molecule has 0 aromatic heterocycles. The van der Waals surface area contributed by atoms with Gasteiger partial charge in [0.05, 0.1) is 18.6 Å². The number of benzene rings is 2. The summed E-state index contributed by atoms with van der Waals surface area (Å²) >= 11 is 0. The van der Waals surface area contributed by atoms with E-state index in [0.717, 1.165) is 57.8 Å². The van der Waals surface area contributed by atoms with Gasteiger partial charge < -0.3 is 19.7 Å². The Morgan fingerprint density at radius 1 is 1.02 bits per heavy atom. The van der Waals surface area contributed by atoms with Crippen molar-refractivity contribution in [2.75, 3.05) is 41.0 Å². The van der Waals surface area contributed by atoms with Crippen LogP contribution >= 0.6 is 0 Å². The Balaban J connectivity index is 1.24. The van der Waals surface area contributed by atoms with Gasteiger partial charge in [-0.15, -0.1) is 0 Å². The maximum absolute atomic E-state index is 13.3. The molecule has 0 spiro atoms. The summed E-state index contributed by atoms with van der Waals surface area (Å²) in [5.74, 6) is 0.480. The normalized spacial score (nSPS) is 24.1. The molecule has 1 heterocycles. The predicted octanol–water partition coefficient (Wildman–Crippen LogP) is 4.25. The summed E-state index contributed by atoms with van der Waals surface area (Å²) in [7, 11) is 2.23. The van der Waals surface area contributed by atoms with Crippen LogP contribution in [0.5, 0.6) is 5.75 Å². The zero-order chi connectivity index (χ0) is 28.6. The first kappa shape index (κ1) is 30.5. The number of ether oxygens (including phenoxy) is 2. The second kappa shape index (κ2) is 13.9. The molecule has 1 aliphatic carbocycles. The summed E-state index contributed by atoms with van der Waals surface area (Å²) < 4.78 is 39.2. The Morgan fingerprint density at radius 3 is 2.38 bits per heavy atom. The van der Waals surface area contributed by atoms with Crippen molar-refractivity contribution in [1.29, 1.82) is 0 Å². The SMILES string of the molecule is COc1ccc(S(=O)(=O)N2CCCCC2COCC(=O)NC2CCC(CCc3ccccc3)(N(C)C)CC2)cc1. The van der Waals surface area contributed by atoms with E-state index in [-0.39, 0.29) is 41.6 Å². The second-order valence-corrected chi connectivity index (χ2v) is 13.3. The number of nitrogens with zero attached hydrogens (tertiary/aromatic N) is 2. The fraction of sp³-hybridized carbons (Fsp3) is 0.581. The standard InChI is InChI=1S/C31H45N3O5S/c1-33(2)31(19-16-25-9-5-4-6-10-25)20-17-26(18-21-31)32-30(35)24-39-23-27-11-7-8-22-34(27)40(36,37)29-14-12-28(38-3)13-15-29/h4-6,9-10,12-15,26-27H,7-8,11,16-24H2,1-3H3,(H,32,35). The summed E-state index contributed by atoms with van der Waals surface area (Å²) in [5, 5.41) is 3.16. The van der Waals surface area contributed by atoms with Crippen molar-refractivity contribution in [3.63, 3.8) is 0 Å². The molecular weight excluding hydrogens is 526 g/mol. The molecule has 0 bridgehead atoms. The van der Waals surface area contributed by atoms with Gasteiger partial charge >= 0.3 is 0 Å². The maximum atomic E-state index is 13.3. The van der Waals surface area contributed by atoms with Gasteiger partial charge in [0, 0.05) is 24.2 Å². The van der Waals surface area contributed by atoms with Crippen LogP contribution in [0.2, 0.25) is 0 Å². The predicted molar refractivity (Wildman–Crippen MR) is 157 cm³/mol. The minimum Gasteiger partial charge on any atom is -0.497 e. The average Bonchev–Trinajstić information content (AvgIpc) is 2.97. The molecule has 8 nitrogen and oxygen atoms in total. The van der Waals surface area contributed by atoms with Crippen LogP contribution < -0.4 is 10.1 Å². The summed E-state index contributed by atoms with van der Waals surface area (Å²) in [5.41, 5.74) is 1.51. The molecule has 1 atom stereocenters. The van der Waals surface area contributed by atoms with Crippen molar-refractivity contribution in [3.05, 3.63) is 60.2 Å². The van der Waals surface area contributed by atoms with Crippen LogP contribution in [0.1, 0.15) is 56.9 Å². The number of methoxy groups -OCH3 is 1. The van der Waals surface area contributed by atoms with Crippen molar-refractivity contribution < 1.29 is 22.7 Å². The molecule has 1 N–H and O–H groups in total. The first-order valence-electron chi connectivity index (χ1n) is 14.5. The van der Waals surface area contributed by atoms with Gasteiger partial charge in [-0.3, -0.25) is 4.79 Å². The van der Waals surface area contributed by atoms with Crippen molar-refractivity contribution in [2.24, 2.45) is 0 Å². The summed E-state index contributed by atoms with van der Waals surface area (Å²) in [6.07, 6.45) is 8.58.